The van der Waals surface area contributed by atoms with Crippen molar-refractivity contribution in [1.29, 1.82) is 0 Å². The summed E-state index contributed by atoms with van der Waals surface area (Å²) in [6.45, 7) is 0. The van der Waals surface area contributed by atoms with Gasteiger partial charge in [0.2, 0.25) is 0 Å². The summed E-state index contributed by atoms with van der Waals surface area (Å²) in [7, 11) is 1.93. The summed E-state index contributed by atoms with van der Waals surface area (Å²) >= 11 is 1.46. The monoisotopic (exact) mass is 332 g/mol. The van der Waals surface area contributed by atoms with Gasteiger partial charge < -0.3 is 5.73 Å². The molecule has 2 aromatic heterocycles. The second-order valence-electron chi connectivity index (χ2n) is 5.54. The Morgan fingerprint density at radius 3 is 2.29 bits per heavy atom. The van der Waals surface area contributed by atoms with Crippen LogP contribution in [-0.4, -0.2) is 14.8 Å². The maximum absolute atomic E-state index is 5.85. The van der Waals surface area contributed by atoms with Crippen LogP contribution in [0.5, 0.6) is 0 Å². The van der Waals surface area contributed by atoms with Crippen molar-refractivity contribution in [2.45, 2.75) is 0 Å². The van der Waals surface area contributed by atoms with Gasteiger partial charge in [-0.2, -0.15) is 5.10 Å². The quantitative estimate of drug-likeness (QED) is 0.602. The number of benzene rings is 2. The Bertz CT molecular complexity index is 927. The number of nitrogens with two attached hydrogens (primary N) is 1. The molecule has 0 aliphatic heterocycles. The van der Waals surface area contributed by atoms with Crippen LogP contribution in [0.2, 0.25) is 0 Å². The summed E-state index contributed by atoms with van der Waals surface area (Å²) in [6, 6.07) is 18.6. The molecule has 4 nitrogen and oxygen atoms in total. The zero-order valence-corrected chi connectivity index (χ0v) is 14.0. The second-order valence-corrected chi connectivity index (χ2v) is 6.43. The number of nitrogen functional groups attached to an aromatic ring is 1. The molecule has 4 aromatic rings. The van der Waals surface area contributed by atoms with Crippen molar-refractivity contribution >= 4 is 16.5 Å². The average Bonchev–Trinajstić information content (AvgIpc) is 3.23. The Balaban J connectivity index is 2.01. The van der Waals surface area contributed by atoms with E-state index in [1.165, 1.54) is 11.3 Å². The molecule has 4 rings (SSSR count). The van der Waals surface area contributed by atoms with Crippen molar-refractivity contribution in [2.75, 3.05) is 5.73 Å². The standard InChI is InChI=1S/C19H16N4S/c1-23-11-10-16(22-23)14-8-5-9-15(17-12-24-19(20)21-17)18(14)13-6-3-2-4-7-13/h2-12H,1H3,(H2,20,21). The van der Waals surface area contributed by atoms with Crippen LogP contribution in [0.3, 0.4) is 0 Å². The van der Waals surface area contributed by atoms with Crippen molar-refractivity contribution < 1.29 is 0 Å². The van der Waals surface area contributed by atoms with Crippen molar-refractivity contribution in [3.63, 3.8) is 0 Å². The Labute approximate surface area is 144 Å². The van der Waals surface area contributed by atoms with E-state index in [4.69, 9.17) is 5.73 Å². The molecular weight excluding hydrogens is 316 g/mol. The van der Waals surface area contributed by atoms with Crippen molar-refractivity contribution in [2.24, 2.45) is 7.05 Å². The van der Waals surface area contributed by atoms with Crippen molar-refractivity contribution in [3.8, 4) is 33.6 Å². The summed E-state index contributed by atoms with van der Waals surface area (Å²) in [6.07, 6.45) is 1.96. The van der Waals surface area contributed by atoms with Crippen molar-refractivity contribution in [1.82, 2.24) is 14.8 Å². The number of hydrogen-bond donors (Lipinski definition) is 1. The van der Waals surface area contributed by atoms with Gasteiger partial charge in [0.1, 0.15) is 0 Å². The summed E-state index contributed by atoms with van der Waals surface area (Å²) in [4.78, 5) is 4.48. The highest BCUT2D eigenvalue weighted by molar-refractivity contribution is 7.13. The van der Waals surface area contributed by atoms with Crippen LogP contribution in [0.1, 0.15) is 0 Å². The lowest BCUT2D eigenvalue weighted by Gasteiger charge is -2.13. The Morgan fingerprint density at radius 2 is 1.67 bits per heavy atom. The number of aromatic nitrogens is 3. The first kappa shape index (κ1) is 14.7. The normalized spacial score (nSPS) is 10.9. The molecule has 0 aliphatic carbocycles. The lowest BCUT2D eigenvalue weighted by Crippen LogP contribution is -1.93. The van der Waals surface area contributed by atoms with Gasteiger partial charge in [-0.3, -0.25) is 4.68 Å². The van der Waals surface area contributed by atoms with E-state index in [1.807, 2.05) is 53.6 Å². The zero-order valence-electron chi connectivity index (χ0n) is 13.2. The fourth-order valence-electron chi connectivity index (χ4n) is 2.87. The number of anilines is 1. The molecule has 0 saturated heterocycles. The lowest BCUT2D eigenvalue weighted by atomic mass is 9.91. The predicted octanol–water partition coefficient (Wildman–Crippen LogP) is 4.46. The SMILES string of the molecule is Cn1ccc(-c2cccc(-c3csc(N)n3)c2-c2ccccc2)n1. The fraction of sp³-hybridized carbons (Fsp3) is 0.0526. The largest absolute Gasteiger partial charge is 0.375 e. The summed E-state index contributed by atoms with van der Waals surface area (Å²) < 4.78 is 1.82. The summed E-state index contributed by atoms with van der Waals surface area (Å²) in [5.41, 5.74) is 12.1. The highest BCUT2D eigenvalue weighted by Crippen LogP contribution is 2.39. The molecule has 0 radical (unpaired) electrons. The molecule has 24 heavy (non-hydrogen) atoms. The van der Waals surface area contributed by atoms with E-state index in [9.17, 15) is 0 Å². The third-order valence-corrected chi connectivity index (χ3v) is 4.59. The molecule has 118 valence electrons. The van der Waals surface area contributed by atoms with E-state index >= 15 is 0 Å². The van der Waals surface area contributed by atoms with Gasteiger partial charge >= 0.3 is 0 Å². The molecule has 0 unspecified atom stereocenters. The molecule has 0 fully saturated rings. The molecule has 0 spiro atoms. The highest BCUT2D eigenvalue weighted by Gasteiger charge is 2.16. The molecule has 0 atom stereocenters. The molecule has 0 amide bonds. The highest BCUT2D eigenvalue weighted by atomic mass is 32.1. The molecule has 2 aromatic carbocycles. The molecule has 0 aliphatic rings. The Kier molecular flexibility index (Phi) is 3.63. The topological polar surface area (TPSA) is 56.7 Å². The van der Waals surface area contributed by atoms with E-state index in [0.29, 0.717) is 5.13 Å². The Morgan fingerprint density at radius 1 is 0.917 bits per heavy atom. The van der Waals surface area contributed by atoms with Crippen LogP contribution in [0, 0.1) is 0 Å². The molecular formula is C19H16N4S. The van der Waals surface area contributed by atoms with Gasteiger partial charge in [-0.05, 0) is 11.6 Å². The van der Waals surface area contributed by atoms with Gasteiger partial charge in [-0.1, -0.05) is 48.5 Å². The zero-order chi connectivity index (χ0) is 16.5. The van der Waals surface area contributed by atoms with Gasteiger partial charge in [-0.25, -0.2) is 4.98 Å². The predicted molar refractivity (Wildman–Crippen MR) is 99.6 cm³/mol. The third-order valence-electron chi connectivity index (χ3n) is 3.91. The van der Waals surface area contributed by atoms with Crippen molar-refractivity contribution in [3.05, 3.63) is 66.2 Å². The molecule has 0 bridgehead atoms. The molecule has 5 heteroatoms. The first-order valence-electron chi connectivity index (χ1n) is 7.62. The van der Waals surface area contributed by atoms with E-state index in [0.717, 1.165) is 33.6 Å². The van der Waals surface area contributed by atoms with E-state index in [2.05, 4.69) is 34.3 Å². The van der Waals surface area contributed by atoms with Crippen LogP contribution < -0.4 is 5.73 Å². The Hall–Kier alpha value is -2.92. The number of aryl methyl sites for hydroxylation is 1. The van der Waals surface area contributed by atoms with Gasteiger partial charge in [-0.15, -0.1) is 11.3 Å². The smallest absolute Gasteiger partial charge is 0.180 e. The number of thiazole rings is 1. The minimum Gasteiger partial charge on any atom is -0.375 e. The van der Waals surface area contributed by atoms with Crippen LogP contribution in [0.4, 0.5) is 5.13 Å². The molecule has 2 heterocycles. The minimum atomic E-state index is 0.576. The van der Waals surface area contributed by atoms with Gasteiger partial charge in [0.25, 0.3) is 0 Å². The van der Waals surface area contributed by atoms with Gasteiger partial charge in [0, 0.05) is 35.3 Å². The second kappa shape index (κ2) is 5.94. The van der Waals surface area contributed by atoms with E-state index in [-0.39, 0.29) is 0 Å². The fourth-order valence-corrected chi connectivity index (χ4v) is 3.43. The summed E-state index contributed by atoms with van der Waals surface area (Å²) in [5.74, 6) is 0. The van der Waals surface area contributed by atoms with Gasteiger partial charge in [0.05, 0.1) is 11.4 Å². The van der Waals surface area contributed by atoms with E-state index in [1.54, 1.807) is 0 Å². The average molecular weight is 332 g/mol. The van der Waals surface area contributed by atoms with Gasteiger partial charge in [0.15, 0.2) is 5.13 Å². The first-order valence-corrected chi connectivity index (χ1v) is 8.50. The molecule has 0 saturated carbocycles. The minimum absolute atomic E-state index is 0.576. The maximum Gasteiger partial charge on any atom is 0.180 e. The van der Waals surface area contributed by atoms with E-state index < -0.39 is 0 Å². The van der Waals surface area contributed by atoms with Crippen LogP contribution in [0.15, 0.2) is 66.2 Å². The number of hydrogen-bond acceptors (Lipinski definition) is 4. The van der Waals surface area contributed by atoms with Crippen LogP contribution >= 0.6 is 11.3 Å². The van der Waals surface area contributed by atoms with Crippen LogP contribution in [-0.2, 0) is 7.05 Å². The molecule has 2 N–H and O–H groups in total. The first-order chi connectivity index (χ1) is 11.7. The summed E-state index contributed by atoms with van der Waals surface area (Å²) in [5, 5.41) is 7.16. The maximum atomic E-state index is 5.85. The number of rotatable bonds is 3. The lowest BCUT2D eigenvalue weighted by molar-refractivity contribution is 0.771. The third kappa shape index (κ3) is 2.59. The van der Waals surface area contributed by atoms with Crippen LogP contribution in [0.25, 0.3) is 33.6 Å². The number of nitrogens with zero attached hydrogens (tertiary/aromatic N) is 3.